The molecule has 2 aromatic rings. The molecule has 0 radical (unpaired) electrons. The number of aryl methyl sites for hydroxylation is 1. The van der Waals surface area contributed by atoms with Crippen LogP contribution >= 0.6 is 0 Å². The lowest BCUT2D eigenvalue weighted by Crippen LogP contribution is -1.95. The van der Waals surface area contributed by atoms with Crippen molar-refractivity contribution < 1.29 is 4.39 Å². The molecule has 0 bridgehead atoms. The summed E-state index contributed by atoms with van der Waals surface area (Å²) in [5.41, 5.74) is 1.40. The molecule has 0 aliphatic heterocycles. The van der Waals surface area contributed by atoms with Gasteiger partial charge in [-0.05, 0) is 19.1 Å². The Morgan fingerprint density at radius 1 is 1.29 bits per heavy atom. The molecule has 0 saturated carbocycles. The van der Waals surface area contributed by atoms with Gasteiger partial charge in [0, 0.05) is 12.6 Å². The average Bonchev–Trinajstić information content (AvgIpc) is 2.49. The van der Waals surface area contributed by atoms with Crippen molar-refractivity contribution in [3.63, 3.8) is 0 Å². The van der Waals surface area contributed by atoms with E-state index in [2.05, 4.69) is 4.98 Å². The first-order valence-corrected chi connectivity index (χ1v) is 4.43. The van der Waals surface area contributed by atoms with Gasteiger partial charge in [0.25, 0.3) is 0 Å². The standard InChI is InChI=1S/C11H11FN2/c1-8-13-7-11(14(8)2)9-5-3-4-6-10(9)12/h3-7H,1-2H3. The van der Waals surface area contributed by atoms with Crippen LogP contribution in [-0.4, -0.2) is 9.55 Å². The number of hydrogen-bond acceptors (Lipinski definition) is 1. The zero-order chi connectivity index (χ0) is 10.1. The molecular weight excluding hydrogens is 179 g/mol. The smallest absolute Gasteiger partial charge is 0.132 e. The summed E-state index contributed by atoms with van der Waals surface area (Å²) < 4.78 is 15.3. The number of halogens is 1. The van der Waals surface area contributed by atoms with Crippen LogP contribution in [0.2, 0.25) is 0 Å². The van der Waals surface area contributed by atoms with E-state index in [1.807, 2.05) is 24.6 Å². The van der Waals surface area contributed by atoms with Crippen LogP contribution in [0.3, 0.4) is 0 Å². The Balaban J connectivity index is 2.60. The van der Waals surface area contributed by atoms with Gasteiger partial charge < -0.3 is 4.57 Å². The Kier molecular flexibility index (Phi) is 2.08. The highest BCUT2D eigenvalue weighted by Crippen LogP contribution is 2.22. The summed E-state index contributed by atoms with van der Waals surface area (Å²) in [4.78, 5) is 4.13. The molecule has 0 N–H and O–H groups in total. The minimum absolute atomic E-state index is 0.212. The van der Waals surface area contributed by atoms with Crippen molar-refractivity contribution >= 4 is 0 Å². The topological polar surface area (TPSA) is 17.8 Å². The van der Waals surface area contributed by atoms with Crippen LogP contribution in [0.4, 0.5) is 4.39 Å². The quantitative estimate of drug-likeness (QED) is 0.675. The molecule has 0 aliphatic rings. The number of rotatable bonds is 1. The number of imidazole rings is 1. The average molecular weight is 190 g/mol. The first-order chi connectivity index (χ1) is 6.70. The van der Waals surface area contributed by atoms with E-state index >= 15 is 0 Å². The summed E-state index contributed by atoms with van der Waals surface area (Å²) in [7, 11) is 1.88. The van der Waals surface area contributed by atoms with Crippen LogP contribution in [0, 0.1) is 12.7 Å². The Bertz CT molecular complexity index is 460. The lowest BCUT2D eigenvalue weighted by molar-refractivity contribution is 0.629. The highest BCUT2D eigenvalue weighted by molar-refractivity contribution is 5.59. The van der Waals surface area contributed by atoms with Crippen molar-refractivity contribution in [2.24, 2.45) is 7.05 Å². The summed E-state index contributed by atoms with van der Waals surface area (Å²) in [6, 6.07) is 6.71. The Morgan fingerprint density at radius 3 is 2.57 bits per heavy atom. The molecule has 0 atom stereocenters. The molecular formula is C11H11FN2. The van der Waals surface area contributed by atoms with Gasteiger partial charge in [-0.15, -0.1) is 0 Å². The predicted octanol–water partition coefficient (Wildman–Crippen LogP) is 2.53. The molecule has 0 fully saturated rings. The van der Waals surface area contributed by atoms with Crippen LogP contribution in [-0.2, 0) is 7.05 Å². The molecule has 2 rings (SSSR count). The lowest BCUT2D eigenvalue weighted by Gasteiger charge is -2.04. The Labute approximate surface area is 82.0 Å². The molecule has 72 valence electrons. The fourth-order valence-electron chi connectivity index (χ4n) is 1.42. The first kappa shape index (κ1) is 8.94. The molecule has 0 spiro atoms. The van der Waals surface area contributed by atoms with E-state index in [4.69, 9.17) is 0 Å². The van der Waals surface area contributed by atoms with Crippen LogP contribution < -0.4 is 0 Å². The van der Waals surface area contributed by atoms with Gasteiger partial charge in [-0.3, -0.25) is 0 Å². The van der Waals surface area contributed by atoms with Crippen LogP contribution in [0.5, 0.6) is 0 Å². The number of nitrogens with zero attached hydrogens (tertiary/aromatic N) is 2. The van der Waals surface area contributed by atoms with Gasteiger partial charge in [0.2, 0.25) is 0 Å². The second kappa shape index (κ2) is 3.25. The summed E-state index contributed by atoms with van der Waals surface area (Å²) in [6.07, 6.45) is 1.69. The summed E-state index contributed by atoms with van der Waals surface area (Å²) in [5, 5.41) is 0. The highest BCUT2D eigenvalue weighted by Gasteiger charge is 2.08. The molecule has 0 amide bonds. The van der Waals surface area contributed by atoms with Gasteiger partial charge in [0.05, 0.1) is 11.9 Å². The summed E-state index contributed by atoms with van der Waals surface area (Å²) in [6.45, 7) is 1.89. The Hall–Kier alpha value is -1.64. The summed E-state index contributed by atoms with van der Waals surface area (Å²) in [5.74, 6) is 0.666. The minimum Gasteiger partial charge on any atom is -0.331 e. The van der Waals surface area contributed by atoms with Crippen LogP contribution in [0.1, 0.15) is 5.82 Å². The molecule has 14 heavy (non-hydrogen) atoms. The molecule has 0 unspecified atom stereocenters. The highest BCUT2D eigenvalue weighted by atomic mass is 19.1. The van der Waals surface area contributed by atoms with Gasteiger partial charge in [0.1, 0.15) is 11.6 Å². The molecule has 0 aliphatic carbocycles. The van der Waals surface area contributed by atoms with Crippen LogP contribution in [0.15, 0.2) is 30.5 Å². The molecule has 0 saturated heterocycles. The fraction of sp³-hybridized carbons (Fsp3) is 0.182. The zero-order valence-corrected chi connectivity index (χ0v) is 8.16. The monoisotopic (exact) mass is 190 g/mol. The zero-order valence-electron chi connectivity index (χ0n) is 8.16. The van der Waals surface area contributed by atoms with Gasteiger partial charge in [0.15, 0.2) is 0 Å². The molecule has 3 heteroatoms. The van der Waals surface area contributed by atoms with E-state index in [1.54, 1.807) is 18.3 Å². The normalized spacial score (nSPS) is 10.5. The second-order valence-corrected chi connectivity index (χ2v) is 3.23. The van der Waals surface area contributed by atoms with Crippen molar-refractivity contribution in [3.05, 3.63) is 42.1 Å². The van der Waals surface area contributed by atoms with Gasteiger partial charge in [-0.25, -0.2) is 9.37 Å². The van der Waals surface area contributed by atoms with E-state index in [-0.39, 0.29) is 5.82 Å². The third-order valence-electron chi connectivity index (χ3n) is 2.37. The molecule has 1 aromatic heterocycles. The minimum atomic E-state index is -0.212. The van der Waals surface area contributed by atoms with E-state index in [1.165, 1.54) is 6.07 Å². The van der Waals surface area contributed by atoms with Gasteiger partial charge in [-0.2, -0.15) is 0 Å². The van der Waals surface area contributed by atoms with E-state index < -0.39 is 0 Å². The summed E-state index contributed by atoms with van der Waals surface area (Å²) >= 11 is 0. The third-order valence-corrected chi connectivity index (χ3v) is 2.37. The van der Waals surface area contributed by atoms with Crippen LogP contribution in [0.25, 0.3) is 11.3 Å². The third kappa shape index (κ3) is 1.31. The number of benzene rings is 1. The molecule has 1 heterocycles. The van der Waals surface area contributed by atoms with E-state index in [0.717, 1.165) is 11.5 Å². The lowest BCUT2D eigenvalue weighted by atomic mass is 10.1. The Morgan fingerprint density at radius 2 is 2.00 bits per heavy atom. The van der Waals surface area contributed by atoms with Crippen molar-refractivity contribution in [1.82, 2.24) is 9.55 Å². The molecule has 1 aromatic carbocycles. The first-order valence-electron chi connectivity index (χ1n) is 4.43. The number of aromatic nitrogens is 2. The van der Waals surface area contributed by atoms with Crippen molar-refractivity contribution in [3.8, 4) is 11.3 Å². The number of hydrogen-bond donors (Lipinski definition) is 0. The molecule has 2 nitrogen and oxygen atoms in total. The maximum atomic E-state index is 13.4. The van der Waals surface area contributed by atoms with Crippen molar-refractivity contribution in [2.45, 2.75) is 6.92 Å². The predicted molar refractivity (Wildman–Crippen MR) is 53.3 cm³/mol. The largest absolute Gasteiger partial charge is 0.331 e. The fourth-order valence-corrected chi connectivity index (χ4v) is 1.42. The van der Waals surface area contributed by atoms with Crippen molar-refractivity contribution in [1.29, 1.82) is 0 Å². The van der Waals surface area contributed by atoms with Gasteiger partial charge >= 0.3 is 0 Å². The van der Waals surface area contributed by atoms with Crippen molar-refractivity contribution in [2.75, 3.05) is 0 Å². The second-order valence-electron chi connectivity index (χ2n) is 3.23. The van der Waals surface area contributed by atoms with E-state index in [0.29, 0.717) is 5.56 Å². The maximum Gasteiger partial charge on any atom is 0.132 e. The van der Waals surface area contributed by atoms with Gasteiger partial charge in [-0.1, -0.05) is 12.1 Å². The SMILES string of the molecule is Cc1ncc(-c2ccccc2F)n1C. The van der Waals surface area contributed by atoms with E-state index in [9.17, 15) is 4.39 Å². The maximum absolute atomic E-state index is 13.4.